The van der Waals surface area contributed by atoms with Crippen LogP contribution < -0.4 is 5.32 Å². The number of nitrogens with one attached hydrogen (secondary N) is 1. The van der Waals surface area contributed by atoms with Crippen LogP contribution in [0.4, 0.5) is 4.79 Å². The number of hydrogen-bond acceptors (Lipinski definition) is 6. The van der Waals surface area contributed by atoms with Crippen LogP contribution in [0.15, 0.2) is 53.4 Å². The molecule has 2 fully saturated rings. The Bertz CT molecular complexity index is 1210. The van der Waals surface area contributed by atoms with Crippen LogP contribution in [0.1, 0.15) is 42.9 Å². The van der Waals surface area contributed by atoms with E-state index in [1.807, 2.05) is 29.2 Å². The lowest BCUT2D eigenvalue weighted by molar-refractivity contribution is -0.138. The number of piperidine rings is 1. The molecule has 1 atom stereocenters. The zero-order chi connectivity index (χ0) is 26.6. The van der Waals surface area contributed by atoms with Crippen molar-refractivity contribution in [1.82, 2.24) is 15.1 Å². The molecule has 0 saturated carbocycles. The number of ether oxygens (including phenoxy) is 1. The standard InChI is InChI=1S/C27H34ClN3O5S.ClH/c1-36-26(33)29-24(21-5-7-22(28)8-6-21)11-15-30-16-12-27(13-17-30)14-18-31(25(27)32)19-20-3-9-23(10-4-20)37(2,34)35;/h3-10,24H,11-19H2,1-2H3,(H,29,33);1H. The molecule has 2 amide bonds. The summed E-state index contributed by atoms with van der Waals surface area (Å²) in [7, 11) is -1.89. The molecule has 2 saturated heterocycles. The van der Waals surface area contributed by atoms with Crippen LogP contribution in [-0.2, 0) is 25.9 Å². The largest absolute Gasteiger partial charge is 0.453 e. The Morgan fingerprint density at radius 2 is 1.66 bits per heavy atom. The van der Waals surface area contributed by atoms with E-state index < -0.39 is 15.9 Å². The number of halogens is 2. The third kappa shape index (κ3) is 7.20. The van der Waals surface area contributed by atoms with Gasteiger partial charge in [0.25, 0.3) is 0 Å². The number of likely N-dealkylation sites (tertiary alicyclic amines) is 2. The minimum absolute atomic E-state index is 0. The molecule has 2 aromatic rings. The number of hydrogen-bond donors (Lipinski definition) is 1. The Morgan fingerprint density at radius 3 is 2.24 bits per heavy atom. The Balaban J connectivity index is 0.00000400. The van der Waals surface area contributed by atoms with Crippen molar-refractivity contribution in [2.75, 3.05) is 39.5 Å². The minimum Gasteiger partial charge on any atom is -0.453 e. The van der Waals surface area contributed by atoms with E-state index in [0.29, 0.717) is 24.5 Å². The molecular weight excluding hydrogens is 549 g/mol. The van der Waals surface area contributed by atoms with Gasteiger partial charge in [-0.15, -0.1) is 12.4 Å². The summed E-state index contributed by atoms with van der Waals surface area (Å²) in [5, 5.41) is 3.55. The monoisotopic (exact) mass is 583 g/mol. The van der Waals surface area contributed by atoms with Crippen LogP contribution in [0.25, 0.3) is 0 Å². The van der Waals surface area contributed by atoms with Gasteiger partial charge in [-0.2, -0.15) is 0 Å². The van der Waals surface area contributed by atoms with E-state index >= 15 is 0 Å². The number of sulfone groups is 1. The number of nitrogens with zero attached hydrogens (tertiary/aromatic N) is 2. The van der Waals surface area contributed by atoms with E-state index in [9.17, 15) is 18.0 Å². The molecule has 2 heterocycles. The van der Waals surface area contributed by atoms with Gasteiger partial charge in [0.1, 0.15) is 0 Å². The summed E-state index contributed by atoms with van der Waals surface area (Å²) < 4.78 is 28.2. The zero-order valence-electron chi connectivity index (χ0n) is 21.7. The highest BCUT2D eigenvalue weighted by Gasteiger charge is 2.47. The summed E-state index contributed by atoms with van der Waals surface area (Å²) in [6.07, 6.45) is 3.90. The molecule has 1 N–H and O–H groups in total. The fourth-order valence-electron chi connectivity index (χ4n) is 5.30. The maximum Gasteiger partial charge on any atom is 0.407 e. The number of benzene rings is 2. The van der Waals surface area contributed by atoms with Crippen molar-refractivity contribution in [2.24, 2.45) is 5.41 Å². The van der Waals surface area contributed by atoms with Crippen LogP contribution in [-0.4, -0.2) is 69.8 Å². The predicted molar refractivity (Wildman–Crippen MR) is 149 cm³/mol. The summed E-state index contributed by atoms with van der Waals surface area (Å²) >= 11 is 6.02. The topological polar surface area (TPSA) is 96.0 Å². The van der Waals surface area contributed by atoms with E-state index in [-0.39, 0.29) is 34.7 Å². The van der Waals surface area contributed by atoms with E-state index in [0.717, 1.165) is 50.0 Å². The van der Waals surface area contributed by atoms with Gasteiger partial charge < -0.3 is 19.9 Å². The molecule has 208 valence electrons. The molecule has 11 heteroatoms. The summed E-state index contributed by atoms with van der Waals surface area (Å²) in [5.74, 6) is 0.200. The number of methoxy groups -OCH3 is 1. The molecule has 2 aliphatic rings. The fourth-order valence-corrected chi connectivity index (χ4v) is 6.06. The zero-order valence-corrected chi connectivity index (χ0v) is 24.1. The number of alkyl carbamates (subject to hydrolysis) is 1. The number of carbonyl (C=O) groups is 2. The quantitative estimate of drug-likeness (QED) is 0.492. The third-order valence-corrected chi connectivity index (χ3v) is 9.00. The lowest BCUT2D eigenvalue weighted by Gasteiger charge is -2.38. The van der Waals surface area contributed by atoms with Gasteiger partial charge in [0.2, 0.25) is 5.91 Å². The van der Waals surface area contributed by atoms with Gasteiger partial charge in [0, 0.05) is 30.9 Å². The molecule has 38 heavy (non-hydrogen) atoms. The molecular formula is C27H35Cl2N3O5S. The summed E-state index contributed by atoms with van der Waals surface area (Å²) in [5.41, 5.74) is 1.58. The van der Waals surface area contributed by atoms with Gasteiger partial charge in [-0.3, -0.25) is 4.79 Å². The van der Waals surface area contributed by atoms with Gasteiger partial charge in [-0.05, 0) is 74.2 Å². The van der Waals surface area contributed by atoms with Crippen molar-refractivity contribution in [1.29, 1.82) is 0 Å². The second-order valence-electron chi connectivity index (χ2n) is 10.0. The smallest absolute Gasteiger partial charge is 0.407 e. The minimum atomic E-state index is -3.24. The Labute approximate surface area is 236 Å². The second kappa shape index (κ2) is 12.7. The van der Waals surface area contributed by atoms with Crippen molar-refractivity contribution in [3.8, 4) is 0 Å². The molecule has 0 aliphatic carbocycles. The van der Waals surface area contributed by atoms with Crippen molar-refractivity contribution >= 4 is 45.8 Å². The van der Waals surface area contributed by atoms with Gasteiger partial charge in [-0.1, -0.05) is 35.9 Å². The van der Waals surface area contributed by atoms with Gasteiger partial charge in [0.05, 0.1) is 23.5 Å². The van der Waals surface area contributed by atoms with E-state index in [4.69, 9.17) is 16.3 Å². The Hall–Kier alpha value is -2.33. The highest BCUT2D eigenvalue weighted by atomic mass is 35.5. The van der Waals surface area contributed by atoms with Crippen molar-refractivity contribution in [2.45, 2.75) is 43.2 Å². The molecule has 4 rings (SSSR count). The average Bonchev–Trinajstić information content (AvgIpc) is 3.17. The first-order valence-corrected chi connectivity index (χ1v) is 14.8. The van der Waals surface area contributed by atoms with Crippen molar-refractivity contribution in [3.05, 3.63) is 64.7 Å². The second-order valence-corrected chi connectivity index (χ2v) is 12.5. The molecule has 0 radical (unpaired) electrons. The van der Waals surface area contributed by atoms with Crippen LogP contribution >= 0.6 is 24.0 Å². The highest BCUT2D eigenvalue weighted by molar-refractivity contribution is 7.90. The van der Waals surface area contributed by atoms with Crippen LogP contribution in [0.5, 0.6) is 0 Å². The lowest BCUT2D eigenvalue weighted by atomic mass is 9.77. The first-order valence-electron chi connectivity index (χ1n) is 12.5. The molecule has 1 spiro atoms. The van der Waals surface area contributed by atoms with E-state index in [2.05, 4.69) is 10.2 Å². The van der Waals surface area contributed by atoms with Gasteiger partial charge in [-0.25, -0.2) is 13.2 Å². The van der Waals surface area contributed by atoms with Crippen molar-refractivity contribution in [3.63, 3.8) is 0 Å². The molecule has 8 nitrogen and oxygen atoms in total. The van der Waals surface area contributed by atoms with Gasteiger partial charge >= 0.3 is 6.09 Å². The first kappa shape index (κ1) is 30.2. The molecule has 0 aromatic heterocycles. The van der Waals surface area contributed by atoms with E-state index in [1.54, 1.807) is 24.3 Å². The fraction of sp³-hybridized carbons (Fsp3) is 0.481. The van der Waals surface area contributed by atoms with Crippen LogP contribution in [0.3, 0.4) is 0 Å². The summed E-state index contributed by atoms with van der Waals surface area (Å²) in [6, 6.07) is 14.0. The Kier molecular flexibility index (Phi) is 10.1. The van der Waals surface area contributed by atoms with Gasteiger partial charge in [0.15, 0.2) is 9.84 Å². The maximum atomic E-state index is 13.4. The first-order chi connectivity index (χ1) is 17.6. The van der Waals surface area contributed by atoms with Crippen LogP contribution in [0, 0.1) is 5.41 Å². The lowest BCUT2D eigenvalue weighted by Crippen LogP contribution is -2.45. The number of amides is 2. The molecule has 1 unspecified atom stereocenters. The third-order valence-electron chi connectivity index (χ3n) is 7.62. The molecule has 2 aromatic carbocycles. The normalized spacial score (nSPS) is 18.2. The number of carbonyl (C=O) groups excluding carboxylic acids is 2. The number of rotatable bonds is 8. The van der Waals surface area contributed by atoms with E-state index in [1.165, 1.54) is 13.4 Å². The SMILES string of the molecule is COC(=O)NC(CCN1CCC2(CC1)CCN(Cc1ccc(S(C)(=O)=O)cc1)C2=O)c1ccc(Cl)cc1.Cl. The summed E-state index contributed by atoms with van der Waals surface area (Å²) in [4.78, 5) is 29.8. The predicted octanol–water partition coefficient (Wildman–Crippen LogP) is 4.47. The summed E-state index contributed by atoms with van der Waals surface area (Å²) in [6.45, 7) is 3.66. The van der Waals surface area contributed by atoms with Crippen molar-refractivity contribution < 1.29 is 22.7 Å². The maximum absolute atomic E-state index is 13.4. The molecule has 2 aliphatic heterocycles. The van der Waals surface area contributed by atoms with Crippen LogP contribution in [0.2, 0.25) is 5.02 Å². The molecule has 0 bridgehead atoms. The Morgan fingerprint density at radius 1 is 1.05 bits per heavy atom. The average molecular weight is 585 g/mol. The highest BCUT2D eigenvalue weighted by Crippen LogP contribution is 2.42.